The molecule has 3 unspecified atom stereocenters. The lowest BCUT2D eigenvalue weighted by Crippen LogP contribution is -2.50. The number of H-pyrrole nitrogens is 1. The van der Waals surface area contributed by atoms with E-state index in [-0.39, 0.29) is 24.9 Å². The van der Waals surface area contributed by atoms with Crippen molar-refractivity contribution in [3.05, 3.63) is 11.8 Å². The zero-order valence-corrected chi connectivity index (χ0v) is 15.4. The van der Waals surface area contributed by atoms with Gasteiger partial charge in [0.1, 0.15) is 12.4 Å². The van der Waals surface area contributed by atoms with Gasteiger partial charge in [-0.2, -0.15) is 5.10 Å². The van der Waals surface area contributed by atoms with E-state index in [1.54, 1.807) is 20.0 Å². The zero-order chi connectivity index (χ0) is 18.6. The molecule has 1 saturated carbocycles. The first-order chi connectivity index (χ1) is 11.7. The fourth-order valence-corrected chi connectivity index (χ4v) is 3.11. The molecule has 9 heteroatoms. The molecule has 1 fully saturated rings. The van der Waals surface area contributed by atoms with Crippen molar-refractivity contribution in [2.45, 2.75) is 57.6 Å². The maximum absolute atomic E-state index is 11.3. The molecule has 0 spiro atoms. The van der Waals surface area contributed by atoms with Crippen LogP contribution in [0.5, 0.6) is 0 Å². The van der Waals surface area contributed by atoms with Crippen LogP contribution in [-0.4, -0.2) is 66.1 Å². The smallest absolute Gasteiger partial charge is 0.331 e. The summed E-state index contributed by atoms with van der Waals surface area (Å²) in [6.45, 7) is 5.04. The molecule has 1 aromatic heterocycles. The van der Waals surface area contributed by atoms with Crippen molar-refractivity contribution < 1.29 is 24.1 Å². The zero-order valence-electron chi connectivity index (χ0n) is 15.4. The van der Waals surface area contributed by atoms with Crippen LogP contribution in [0.15, 0.2) is 6.20 Å². The number of hydrogen-bond acceptors (Lipinski definition) is 8. The largest absolute Gasteiger partial charge is 0.467 e. The highest BCUT2D eigenvalue weighted by atomic mass is 16.6. The number of ether oxygens (including phenoxy) is 3. The summed E-state index contributed by atoms with van der Waals surface area (Å²) in [6, 6.07) is -0.113. The van der Waals surface area contributed by atoms with Crippen LogP contribution >= 0.6 is 0 Å². The standard InChI is InChI=1S/C16H28N4O5/c1-10-8-18-19-15(10)20(17-4)12-6-11(24-9-14(21)23-5)7-13(12)25-16(2,3)22/h8,11-13,17,22H,6-7,9H2,1-5H3,(H,18,19). The van der Waals surface area contributed by atoms with E-state index < -0.39 is 11.8 Å². The van der Waals surface area contributed by atoms with Gasteiger partial charge in [0, 0.05) is 19.0 Å². The molecule has 0 bridgehead atoms. The SMILES string of the molecule is CNN(c1[nH]ncc1C)C1CC(OCC(=O)OC)CC1OC(C)(C)O. The molecular weight excluding hydrogens is 328 g/mol. The van der Waals surface area contributed by atoms with Gasteiger partial charge in [-0.3, -0.25) is 10.1 Å². The molecule has 0 amide bonds. The number of methoxy groups -OCH3 is 1. The van der Waals surface area contributed by atoms with Gasteiger partial charge in [-0.05, 0) is 27.2 Å². The number of aliphatic hydroxyl groups is 1. The molecule has 2 rings (SSSR count). The summed E-state index contributed by atoms with van der Waals surface area (Å²) >= 11 is 0. The number of rotatable bonds is 8. The van der Waals surface area contributed by atoms with E-state index in [1.807, 2.05) is 19.0 Å². The Bertz CT molecular complexity index is 571. The molecule has 0 saturated heterocycles. The maximum Gasteiger partial charge on any atom is 0.331 e. The Kier molecular flexibility index (Phi) is 6.39. The number of hydrogen-bond donors (Lipinski definition) is 3. The number of nitrogens with zero attached hydrogens (tertiary/aromatic N) is 2. The van der Waals surface area contributed by atoms with Crippen molar-refractivity contribution in [3.8, 4) is 0 Å². The average molecular weight is 356 g/mol. The predicted molar refractivity (Wildman–Crippen MR) is 90.8 cm³/mol. The Morgan fingerprint density at radius 1 is 1.52 bits per heavy atom. The molecule has 142 valence electrons. The van der Waals surface area contributed by atoms with Crippen LogP contribution in [-0.2, 0) is 19.0 Å². The highest BCUT2D eigenvalue weighted by Crippen LogP contribution is 2.33. The summed E-state index contributed by atoms with van der Waals surface area (Å²) in [5, 5.41) is 19.0. The van der Waals surface area contributed by atoms with Gasteiger partial charge in [0.25, 0.3) is 0 Å². The van der Waals surface area contributed by atoms with Crippen molar-refractivity contribution in [2.24, 2.45) is 0 Å². The summed E-state index contributed by atoms with van der Waals surface area (Å²) in [5.74, 6) is -0.869. The number of nitrogens with one attached hydrogen (secondary N) is 2. The van der Waals surface area contributed by atoms with Gasteiger partial charge in [0.2, 0.25) is 0 Å². The minimum Gasteiger partial charge on any atom is -0.467 e. The molecule has 1 aliphatic rings. The molecule has 0 radical (unpaired) electrons. The maximum atomic E-state index is 11.3. The molecule has 3 N–H and O–H groups in total. The first-order valence-electron chi connectivity index (χ1n) is 8.30. The average Bonchev–Trinajstić information content (AvgIpc) is 3.12. The third-order valence-corrected chi connectivity index (χ3v) is 4.15. The fraction of sp³-hybridized carbons (Fsp3) is 0.750. The molecule has 0 aromatic carbocycles. The normalized spacial score (nSPS) is 23.7. The molecule has 1 aliphatic carbocycles. The number of anilines is 1. The molecule has 9 nitrogen and oxygen atoms in total. The number of aryl methyl sites for hydroxylation is 1. The quantitative estimate of drug-likeness (QED) is 0.351. The Morgan fingerprint density at radius 2 is 2.24 bits per heavy atom. The van der Waals surface area contributed by atoms with Gasteiger partial charge in [0.15, 0.2) is 5.79 Å². The highest BCUT2D eigenvalue weighted by molar-refractivity contribution is 5.70. The van der Waals surface area contributed by atoms with Gasteiger partial charge >= 0.3 is 5.97 Å². The molecule has 1 heterocycles. The molecule has 0 aliphatic heterocycles. The summed E-state index contributed by atoms with van der Waals surface area (Å²) in [4.78, 5) is 11.3. The van der Waals surface area contributed by atoms with Crippen molar-refractivity contribution in [1.82, 2.24) is 15.6 Å². The van der Waals surface area contributed by atoms with Gasteiger partial charge in [0.05, 0.1) is 31.6 Å². The van der Waals surface area contributed by atoms with E-state index >= 15 is 0 Å². The number of carbonyl (C=O) groups is 1. The lowest BCUT2D eigenvalue weighted by atomic mass is 10.2. The van der Waals surface area contributed by atoms with E-state index in [4.69, 9.17) is 9.47 Å². The predicted octanol–water partition coefficient (Wildman–Crippen LogP) is 0.493. The van der Waals surface area contributed by atoms with Crippen molar-refractivity contribution in [3.63, 3.8) is 0 Å². The fourth-order valence-electron chi connectivity index (χ4n) is 3.11. The molecular formula is C16H28N4O5. The van der Waals surface area contributed by atoms with Crippen molar-refractivity contribution in [1.29, 1.82) is 0 Å². The first kappa shape index (κ1) is 19.6. The van der Waals surface area contributed by atoms with Crippen molar-refractivity contribution >= 4 is 11.8 Å². The number of aromatic nitrogens is 2. The Hall–Kier alpha value is -1.68. The topological polar surface area (TPSA) is 109 Å². The van der Waals surface area contributed by atoms with Crippen LogP contribution in [0, 0.1) is 6.92 Å². The molecule has 3 atom stereocenters. The number of aromatic amines is 1. The van der Waals surface area contributed by atoms with Crippen LogP contribution in [0.2, 0.25) is 0 Å². The van der Waals surface area contributed by atoms with Gasteiger partial charge in [-0.1, -0.05) is 0 Å². The van der Waals surface area contributed by atoms with E-state index in [1.165, 1.54) is 7.11 Å². The Morgan fingerprint density at radius 3 is 2.76 bits per heavy atom. The van der Waals surface area contributed by atoms with Crippen LogP contribution in [0.4, 0.5) is 5.82 Å². The summed E-state index contributed by atoms with van der Waals surface area (Å²) in [6.07, 6.45) is 2.44. The van der Waals surface area contributed by atoms with Crippen molar-refractivity contribution in [2.75, 3.05) is 25.8 Å². The molecule has 25 heavy (non-hydrogen) atoms. The van der Waals surface area contributed by atoms with E-state index in [0.717, 1.165) is 11.4 Å². The van der Waals surface area contributed by atoms with E-state index in [0.29, 0.717) is 12.8 Å². The second-order valence-electron chi connectivity index (χ2n) is 6.65. The van der Waals surface area contributed by atoms with Crippen LogP contribution in [0.1, 0.15) is 32.3 Å². The number of esters is 1. The van der Waals surface area contributed by atoms with Crippen LogP contribution in [0.3, 0.4) is 0 Å². The van der Waals surface area contributed by atoms with E-state index in [9.17, 15) is 9.90 Å². The summed E-state index contributed by atoms with van der Waals surface area (Å²) in [7, 11) is 3.14. The van der Waals surface area contributed by atoms with Crippen LogP contribution < -0.4 is 10.4 Å². The lowest BCUT2D eigenvalue weighted by Gasteiger charge is -2.35. The minimum absolute atomic E-state index is 0.105. The summed E-state index contributed by atoms with van der Waals surface area (Å²) < 4.78 is 16.1. The Labute approximate surface area is 147 Å². The number of hydrazine groups is 1. The lowest BCUT2D eigenvalue weighted by molar-refractivity contribution is -0.208. The van der Waals surface area contributed by atoms with Crippen LogP contribution in [0.25, 0.3) is 0 Å². The van der Waals surface area contributed by atoms with Gasteiger partial charge in [-0.25, -0.2) is 10.2 Å². The number of carbonyl (C=O) groups excluding carboxylic acids is 1. The molecule has 1 aromatic rings. The third-order valence-electron chi connectivity index (χ3n) is 4.15. The third kappa shape index (κ3) is 5.15. The highest BCUT2D eigenvalue weighted by Gasteiger charge is 2.42. The monoisotopic (exact) mass is 356 g/mol. The van der Waals surface area contributed by atoms with Gasteiger partial charge < -0.3 is 19.3 Å². The Balaban J connectivity index is 2.15. The summed E-state index contributed by atoms with van der Waals surface area (Å²) in [5.41, 5.74) is 4.13. The van der Waals surface area contributed by atoms with Gasteiger partial charge in [-0.15, -0.1) is 0 Å². The minimum atomic E-state index is -1.28. The van der Waals surface area contributed by atoms with E-state index in [2.05, 4.69) is 20.4 Å². The second kappa shape index (κ2) is 8.13. The first-order valence-corrected chi connectivity index (χ1v) is 8.30. The second-order valence-corrected chi connectivity index (χ2v) is 6.65.